The molecule has 184 valence electrons. The Morgan fingerprint density at radius 3 is 2.36 bits per heavy atom. The smallest absolute Gasteiger partial charge is 0.359 e. The highest BCUT2D eigenvalue weighted by Crippen LogP contribution is 2.23. The van der Waals surface area contributed by atoms with Crippen LogP contribution in [0, 0.1) is 13.8 Å². The SMILES string of the molecule is CCOc1ccc(-n2c(C)cc(C(=O)COC(=O)c3ccc(=O)n(Cc4ccccc4)n3)c2C)cc1. The lowest BCUT2D eigenvalue weighted by atomic mass is 10.1. The van der Waals surface area contributed by atoms with Gasteiger partial charge in [-0.3, -0.25) is 9.59 Å². The van der Waals surface area contributed by atoms with Crippen LogP contribution in [0.2, 0.25) is 0 Å². The predicted molar refractivity (Wildman–Crippen MR) is 135 cm³/mol. The Morgan fingerprint density at radius 2 is 1.67 bits per heavy atom. The van der Waals surface area contributed by atoms with Crippen LogP contribution in [0.4, 0.5) is 0 Å². The van der Waals surface area contributed by atoms with Crippen LogP contribution >= 0.6 is 0 Å². The fourth-order valence-corrected chi connectivity index (χ4v) is 4.01. The summed E-state index contributed by atoms with van der Waals surface area (Å²) in [4.78, 5) is 37.7. The van der Waals surface area contributed by atoms with Crippen molar-refractivity contribution in [2.45, 2.75) is 27.3 Å². The van der Waals surface area contributed by atoms with Crippen LogP contribution in [-0.2, 0) is 11.3 Å². The number of esters is 1. The lowest BCUT2D eigenvalue weighted by Gasteiger charge is -2.11. The highest BCUT2D eigenvalue weighted by molar-refractivity contribution is 6.00. The van der Waals surface area contributed by atoms with Crippen molar-refractivity contribution in [3.63, 3.8) is 0 Å². The second-order valence-electron chi connectivity index (χ2n) is 8.25. The van der Waals surface area contributed by atoms with E-state index < -0.39 is 12.6 Å². The summed E-state index contributed by atoms with van der Waals surface area (Å²) in [5.41, 5.74) is 3.47. The average molecular weight is 486 g/mol. The van der Waals surface area contributed by atoms with E-state index in [1.54, 1.807) is 6.07 Å². The molecule has 0 fully saturated rings. The van der Waals surface area contributed by atoms with Gasteiger partial charge in [0.05, 0.1) is 13.2 Å². The maximum atomic E-state index is 12.9. The zero-order chi connectivity index (χ0) is 25.7. The third kappa shape index (κ3) is 5.43. The number of hydrogen-bond donors (Lipinski definition) is 0. The van der Waals surface area contributed by atoms with Gasteiger partial charge < -0.3 is 14.0 Å². The van der Waals surface area contributed by atoms with Crippen molar-refractivity contribution in [1.82, 2.24) is 14.3 Å². The fraction of sp³-hybridized carbons (Fsp3) is 0.214. The molecule has 0 aliphatic heterocycles. The molecular formula is C28H27N3O5. The molecule has 0 saturated heterocycles. The number of nitrogens with zero attached hydrogens (tertiary/aromatic N) is 3. The number of ketones is 1. The first-order chi connectivity index (χ1) is 17.4. The molecule has 2 heterocycles. The first kappa shape index (κ1) is 24.7. The summed E-state index contributed by atoms with van der Waals surface area (Å²) in [6, 6.07) is 21.3. The third-order valence-electron chi connectivity index (χ3n) is 5.72. The molecule has 2 aromatic heterocycles. The number of carbonyl (C=O) groups excluding carboxylic acids is 2. The van der Waals surface area contributed by atoms with Crippen molar-refractivity contribution < 1.29 is 19.1 Å². The van der Waals surface area contributed by atoms with E-state index in [1.165, 1.54) is 16.8 Å². The molecular weight excluding hydrogens is 458 g/mol. The van der Waals surface area contributed by atoms with Crippen molar-refractivity contribution in [2.24, 2.45) is 0 Å². The minimum atomic E-state index is -0.773. The molecule has 0 unspecified atom stereocenters. The first-order valence-electron chi connectivity index (χ1n) is 11.6. The maximum Gasteiger partial charge on any atom is 0.359 e. The molecule has 0 amide bonds. The van der Waals surface area contributed by atoms with E-state index >= 15 is 0 Å². The Bertz CT molecular complexity index is 1440. The lowest BCUT2D eigenvalue weighted by Crippen LogP contribution is -2.26. The van der Waals surface area contributed by atoms with Crippen LogP contribution in [0.1, 0.15) is 44.7 Å². The van der Waals surface area contributed by atoms with Crippen molar-refractivity contribution in [3.05, 3.63) is 111 Å². The quantitative estimate of drug-likeness (QED) is 0.261. The van der Waals surface area contributed by atoms with Gasteiger partial charge in [-0.2, -0.15) is 5.10 Å². The standard InChI is InChI=1S/C28H27N3O5/c1-4-35-23-12-10-22(11-13-23)31-19(2)16-24(20(31)3)26(32)18-36-28(34)25-14-15-27(33)30(29-25)17-21-8-6-5-7-9-21/h5-16H,4,17-18H2,1-3H3. The molecule has 36 heavy (non-hydrogen) atoms. The van der Waals surface area contributed by atoms with Gasteiger partial charge in [-0.1, -0.05) is 30.3 Å². The normalized spacial score (nSPS) is 10.8. The number of Topliss-reactive ketones (excluding diaryl/α,β-unsaturated/α-hetero) is 1. The zero-order valence-corrected chi connectivity index (χ0v) is 20.4. The number of carbonyl (C=O) groups is 2. The molecule has 0 N–H and O–H groups in total. The van der Waals surface area contributed by atoms with Crippen LogP contribution in [-0.4, -0.2) is 39.3 Å². The molecule has 0 atom stereocenters. The van der Waals surface area contributed by atoms with Crippen molar-refractivity contribution >= 4 is 11.8 Å². The van der Waals surface area contributed by atoms with E-state index in [1.807, 2.05) is 79.9 Å². The molecule has 0 spiro atoms. The number of ether oxygens (including phenoxy) is 2. The summed E-state index contributed by atoms with van der Waals surface area (Å²) in [6.07, 6.45) is 0. The molecule has 8 nitrogen and oxygen atoms in total. The monoisotopic (exact) mass is 485 g/mol. The summed E-state index contributed by atoms with van der Waals surface area (Å²) in [5.74, 6) is -0.327. The van der Waals surface area contributed by atoms with Crippen LogP contribution < -0.4 is 10.3 Å². The summed E-state index contributed by atoms with van der Waals surface area (Å²) in [6.45, 7) is 6.05. The Labute approximate surface area is 208 Å². The molecule has 2 aromatic carbocycles. The van der Waals surface area contributed by atoms with Gasteiger partial charge in [0.1, 0.15) is 5.75 Å². The Kier molecular flexibility index (Phi) is 7.44. The molecule has 0 aliphatic carbocycles. The summed E-state index contributed by atoms with van der Waals surface area (Å²) in [5, 5.41) is 4.12. The zero-order valence-electron chi connectivity index (χ0n) is 20.4. The highest BCUT2D eigenvalue weighted by Gasteiger charge is 2.19. The minimum absolute atomic E-state index is 0.0433. The molecule has 0 bridgehead atoms. The second kappa shape index (κ2) is 10.9. The van der Waals surface area contributed by atoms with Gasteiger partial charge >= 0.3 is 5.97 Å². The molecule has 0 radical (unpaired) electrons. The van der Waals surface area contributed by atoms with Crippen LogP contribution in [0.25, 0.3) is 5.69 Å². The Hall–Kier alpha value is -4.46. The second-order valence-corrected chi connectivity index (χ2v) is 8.25. The van der Waals surface area contributed by atoms with Crippen LogP contribution in [0.3, 0.4) is 0 Å². The predicted octanol–water partition coefficient (Wildman–Crippen LogP) is 4.14. The third-order valence-corrected chi connectivity index (χ3v) is 5.72. The van der Waals surface area contributed by atoms with Crippen molar-refractivity contribution in [1.29, 1.82) is 0 Å². The van der Waals surface area contributed by atoms with Crippen LogP contribution in [0.5, 0.6) is 5.75 Å². The lowest BCUT2D eigenvalue weighted by molar-refractivity contribution is 0.0466. The van der Waals surface area contributed by atoms with Crippen LogP contribution in [0.15, 0.2) is 77.6 Å². The van der Waals surface area contributed by atoms with E-state index in [9.17, 15) is 14.4 Å². The van der Waals surface area contributed by atoms with Gasteiger partial charge in [-0.25, -0.2) is 9.48 Å². The Morgan fingerprint density at radius 1 is 0.944 bits per heavy atom. The Balaban J connectivity index is 1.45. The van der Waals surface area contributed by atoms with Gasteiger partial charge in [-0.15, -0.1) is 0 Å². The average Bonchev–Trinajstić information content (AvgIpc) is 3.18. The largest absolute Gasteiger partial charge is 0.494 e. The molecule has 4 aromatic rings. The van der Waals surface area contributed by atoms with E-state index in [-0.39, 0.29) is 23.6 Å². The van der Waals surface area contributed by atoms with Crippen molar-refractivity contribution in [2.75, 3.05) is 13.2 Å². The van der Waals surface area contributed by atoms with Crippen molar-refractivity contribution in [3.8, 4) is 11.4 Å². The maximum absolute atomic E-state index is 12.9. The summed E-state index contributed by atoms with van der Waals surface area (Å²) < 4.78 is 13.9. The number of hydrogen-bond acceptors (Lipinski definition) is 6. The van der Waals surface area contributed by atoms with Gasteiger partial charge in [0.2, 0.25) is 5.78 Å². The van der Waals surface area contributed by atoms with E-state index in [0.29, 0.717) is 12.2 Å². The van der Waals surface area contributed by atoms with Gasteiger partial charge in [0.25, 0.3) is 5.56 Å². The minimum Gasteiger partial charge on any atom is -0.494 e. The summed E-state index contributed by atoms with van der Waals surface area (Å²) >= 11 is 0. The number of aryl methyl sites for hydroxylation is 1. The first-order valence-corrected chi connectivity index (χ1v) is 11.6. The molecule has 4 rings (SSSR count). The fourth-order valence-electron chi connectivity index (χ4n) is 4.01. The van der Waals surface area contributed by atoms with E-state index in [4.69, 9.17) is 9.47 Å². The van der Waals surface area contributed by atoms with Gasteiger partial charge in [0, 0.05) is 28.7 Å². The van der Waals surface area contributed by atoms with Gasteiger partial charge in [-0.05, 0) is 62.7 Å². The summed E-state index contributed by atoms with van der Waals surface area (Å²) in [7, 11) is 0. The number of rotatable bonds is 9. The van der Waals surface area contributed by atoms with E-state index in [2.05, 4.69) is 5.10 Å². The molecule has 0 saturated carbocycles. The topological polar surface area (TPSA) is 92.4 Å². The number of benzene rings is 2. The molecule has 0 aliphatic rings. The number of aromatic nitrogens is 3. The van der Waals surface area contributed by atoms with E-state index in [0.717, 1.165) is 28.4 Å². The van der Waals surface area contributed by atoms with Gasteiger partial charge in [0.15, 0.2) is 12.3 Å². The highest BCUT2D eigenvalue weighted by atomic mass is 16.5. The molecule has 8 heteroatoms.